The number of nitrogens with one attached hydrogen (secondary N) is 1. The average molecular weight is 446 g/mol. The maximum absolute atomic E-state index is 13.2. The Kier molecular flexibility index (Phi) is 5.04. The van der Waals surface area contributed by atoms with E-state index in [1.807, 2.05) is 6.20 Å². The highest BCUT2D eigenvalue weighted by Gasteiger charge is 2.38. The Bertz CT molecular complexity index is 1130. The number of fused-ring (bicyclic) bond motifs is 1. The zero-order valence-electron chi connectivity index (χ0n) is 17.1. The van der Waals surface area contributed by atoms with Crippen molar-refractivity contribution in [1.29, 1.82) is 0 Å². The lowest BCUT2D eigenvalue weighted by Crippen LogP contribution is -2.51. The number of rotatable bonds is 5. The van der Waals surface area contributed by atoms with Gasteiger partial charge in [0, 0.05) is 19.0 Å². The van der Waals surface area contributed by atoms with Crippen molar-refractivity contribution in [2.24, 2.45) is 0 Å². The van der Waals surface area contributed by atoms with Gasteiger partial charge >= 0.3 is 6.36 Å². The monoisotopic (exact) mass is 446 g/mol. The van der Waals surface area contributed by atoms with E-state index in [0.717, 1.165) is 18.4 Å². The van der Waals surface area contributed by atoms with Crippen LogP contribution in [-0.2, 0) is 10.3 Å². The van der Waals surface area contributed by atoms with Crippen molar-refractivity contribution in [1.82, 2.24) is 19.9 Å². The highest BCUT2D eigenvalue weighted by Crippen LogP contribution is 2.39. The van der Waals surface area contributed by atoms with Gasteiger partial charge in [-0.3, -0.25) is 4.79 Å². The summed E-state index contributed by atoms with van der Waals surface area (Å²) in [5.41, 5.74) is 1.64. The summed E-state index contributed by atoms with van der Waals surface area (Å²) in [6, 6.07) is 5.52. The lowest BCUT2D eigenvalue weighted by molar-refractivity contribution is -0.274. The molecule has 2 aliphatic rings. The Hall–Kier alpha value is -3.14. The van der Waals surface area contributed by atoms with Crippen LogP contribution in [0.25, 0.3) is 5.65 Å². The maximum Gasteiger partial charge on any atom is 0.573 e. The van der Waals surface area contributed by atoms with Gasteiger partial charge in [-0.15, -0.1) is 13.2 Å². The van der Waals surface area contributed by atoms with Crippen molar-refractivity contribution in [3.05, 3.63) is 59.5 Å². The van der Waals surface area contributed by atoms with Crippen LogP contribution in [0.2, 0.25) is 0 Å². The van der Waals surface area contributed by atoms with E-state index in [1.54, 1.807) is 10.7 Å². The number of hydrogen-bond acceptors (Lipinski definition) is 5. The molecule has 2 aromatic heterocycles. The number of amides is 1. The van der Waals surface area contributed by atoms with Crippen LogP contribution in [0.15, 0.2) is 42.9 Å². The predicted molar refractivity (Wildman–Crippen MR) is 107 cm³/mol. The topological polar surface area (TPSA) is 77.8 Å². The molecule has 1 atom stereocenters. The first-order valence-corrected chi connectivity index (χ1v) is 10.4. The number of benzene rings is 1. The highest BCUT2D eigenvalue weighted by molar-refractivity contribution is 6.00. The Morgan fingerprint density at radius 2 is 2.00 bits per heavy atom. The molecule has 5 rings (SSSR count). The number of aromatic nitrogens is 3. The number of carbonyl (C=O) groups excluding carboxylic acids is 1. The molecule has 1 aliphatic heterocycles. The van der Waals surface area contributed by atoms with Crippen molar-refractivity contribution in [2.75, 3.05) is 13.2 Å². The van der Waals surface area contributed by atoms with E-state index >= 15 is 0 Å². The molecular weight excluding hydrogens is 425 g/mol. The van der Waals surface area contributed by atoms with Crippen LogP contribution < -0.4 is 10.1 Å². The van der Waals surface area contributed by atoms with Gasteiger partial charge in [0.05, 0.1) is 18.3 Å². The third kappa shape index (κ3) is 4.14. The molecule has 168 valence electrons. The van der Waals surface area contributed by atoms with Crippen LogP contribution in [0.5, 0.6) is 5.75 Å². The van der Waals surface area contributed by atoms with E-state index in [-0.39, 0.29) is 18.3 Å². The van der Waals surface area contributed by atoms with E-state index in [0.29, 0.717) is 42.1 Å². The van der Waals surface area contributed by atoms with E-state index in [9.17, 15) is 18.0 Å². The number of hydrogen-bond donors (Lipinski definition) is 1. The van der Waals surface area contributed by atoms with Crippen LogP contribution >= 0.6 is 0 Å². The second-order valence-corrected chi connectivity index (χ2v) is 8.25. The first-order valence-electron chi connectivity index (χ1n) is 10.4. The lowest BCUT2D eigenvalue weighted by atomic mass is 9.84. The zero-order chi connectivity index (χ0) is 22.3. The van der Waals surface area contributed by atoms with Gasteiger partial charge in [0.25, 0.3) is 5.91 Å². The summed E-state index contributed by atoms with van der Waals surface area (Å²) in [5.74, 6) is -0.175. The summed E-state index contributed by atoms with van der Waals surface area (Å²) in [6.07, 6.45) is 3.94. The number of alkyl halides is 3. The van der Waals surface area contributed by atoms with Crippen LogP contribution in [0.3, 0.4) is 0 Å². The van der Waals surface area contributed by atoms with E-state index < -0.39 is 11.9 Å². The quantitative estimate of drug-likeness (QED) is 0.643. The molecule has 10 heteroatoms. The second kappa shape index (κ2) is 7.77. The molecule has 0 radical (unpaired) electrons. The van der Waals surface area contributed by atoms with Crippen LogP contribution in [-0.4, -0.2) is 40.1 Å². The molecule has 0 bridgehead atoms. The molecule has 3 aromatic rings. The SMILES string of the molecule is O=C(NC1(c2ccc(OC(F)(F)F)cc2)CCCOC1)c1cnn2cc(C3CC3)cnc12. The van der Waals surface area contributed by atoms with E-state index in [1.165, 1.54) is 30.5 Å². The minimum Gasteiger partial charge on any atom is -0.406 e. The Balaban J connectivity index is 1.41. The van der Waals surface area contributed by atoms with Gasteiger partial charge in [0.1, 0.15) is 11.3 Å². The van der Waals surface area contributed by atoms with Gasteiger partial charge in [0.2, 0.25) is 0 Å². The molecule has 2 fully saturated rings. The third-order valence-corrected chi connectivity index (χ3v) is 5.90. The van der Waals surface area contributed by atoms with E-state index in [2.05, 4.69) is 20.1 Å². The van der Waals surface area contributed by atoms with Crippen LogP contribution in [0, 0.1) is 0 Å². The molecule has 1 aromatic carbocycles. The summed E-state index contributed by atoms with van der Waals surface area (Å²) in [6.45, 7) is 0.756. The summed E-state index contributed by atoms with van der Waals surface area (Å²) in [7, 11) is 0. The third-order valence-electron chi connectivity index (χ3n) is 5.90. The number of carbonyl (C=O) groups is 1. The standard InChI is InChI=1S/C22H21F3N4O3/c23-22(24,25)32-17-6-4-16(5-7-17)21(8-1-9-31-13-21)28-20(30)18-11-27-29-12-15(14-2-3-14)10-26-19(18)29/h4-7,10-12,14H,1-3,8-9,13H2,(H,28,30). The first-order chi connectivity index (χ1) is 15.3. The number of nitrogens with zero attached hydrogens (tertiary/aromatic N) is 3. The van der Waals surface area contributed by atoms with Crippen molar-refractivity contribution in [3.8, 4) is 5.75 Å². The van der Waals surface area contributed by atoms with Gasteiger partial charge in [0.15, 0.2) is 5.65 Å². The average Bonchev–Trinajstić information content (AvgIpc) is 3.52. The van der Waals surface area contributed by atoms with Gasteiger partial charge in [-0.1, -0.05) is 12.1 Å². The smallest absolute Gasteiger partial charge is 0.406 e. The summed E-state index contributed by atoms with van der Waals surface area (Å²) in [5, 5.41) is 7.32. The van der Waals surface area contributed by atoms with Crippen molar-refractivity contribution >= 4 is 11.6 Å². The fourth-order valence-electron chi connectivity index (χ4n) is 4.13. The fraction of sp³-hybridized carbons (Fsp3) is 0.409. The van der Waals surface area contributed by atoms with Crippen LogP contribution in [0.1, 0.15) is 53.1 Å². The lowest BCUT2D eigenvalue weighted by Gasteiger charge is -2.38. The number of halogens is 3. The summed E-state index contributed by atoms with van der Waals surface area (Å²) < 4.78 is 48.7. The first kappa shape index (κ1) is 20.7. The molecule has 1 unspecified atom stereocenters. The molecule has 32 heavy (non-hydrogen) atoms. The Morgan fingerprint density at radius 3 is 2.66 bits per heavy atom. The maximum atomic E-state index is 13.2. The molecule has 1 saturated heterocycles. The molecule has 7 nitrogen and oxygen atoms in total. The largest absolute Gasteiger partial charge is 0.573 e. The van der Waals surface area contributed by atoms with E-state index in [4.69, 9.17) is 4.74 Å². The van der Waals surface area contributed by atoms with Gasteiger partial charge < -0.3 is 14.8 Å². The molecule has 1 aliphatic carbocycles. The molecule has 0 spiro atoms. The molecule has 1 N–H and O–H groups in total. The van der Waals surface area contributed by atoms with Crippen molar-refractivity contribution < 1.29 is 27.4 Å². The molecule has 3 heterocycles. The minimum absolute atomic E-state index is 0.205. The minimum atomic E-state index is -4.77. The van der Waals surface area contributed by atoms with Crippen molar-refractivity contribution in [3.63, 3.8) is 0 Å². The van der Waals surface area contributed by atoms with Crippen molar-refractivity contribution in [2.45, 2.75) is 43.5 Å². The summed E-state index contributed by atoms with van der Waals surface area (Å²) >= 11 is 0. The van der Waals surface area contributed by atoms with Gasteiger partial charge in [-0.25, -0.2) is 9.50 Å². The Labute approximate surface area is 181 Å². The fourth-order valence-corrected chi connectivity index (χ4v) is 4.13. The highest BCUT2D eigenvalue weighted by atomic mass is 19.4. The normalized spacial score (nSPS) is 21.5. The molecule has 1 saturated carbocycles. The zero-order valence-corrected chi connectivity index (χ0v) is 17.1. The summed E-state index contributed by atoms with van der Waals surface area (Å²) in [4.78, 5) is 17.7. The predicted octanol–water partition coefficient (Wildman–Crippen LogP) is 3.94. The van der Waals surface area contributed by atoms with Crippen LogP contribution in [0.4, 0.5) is 13.2 Å². The van der Waals surface area contributed by atoms with Gasteiger partial charge in [-0.2, -0.15) is 5.10 Å². The molecule has 1 amide bonds. The Morgan fingerprint density at radius 1 is 1.22 bits per heavy atom. The second-order valence-electron chi connectivity index (χ2n) is 8.25. The number of ether oxygens (including phenoxy) is 2. The van der Waals surface area contributed by atoms with Gasteiger partial charge in [-0.05, 0) is 54.9 Å². The molecular formula is C22H21F3N4O3.